The first-order valence-corrected chi connectivity index (χ1v) is 11.6. The van der Waals surface area contributed by atoms with Crippen LogP contribution in [-0.2, 0) is 17.9 Å². The molecule has 0 saturated carbocycles. The van der Waals surface area contributed by atoms with Crippen molar-refractivity contribution < 1.29 is 19.1 Å². The molecule has 0 fully saturated rings. The van der Waals surface area contributed by atoms with Gasteiger partial charge in [-0.05, 0) is 42.7 Å². The molecule has 3 amide bonds. The number of benzene rings is 3. The summed E-state index contributed by atoms with van der Waals surface area (Å²) in [6.07, 6.45) is 0. The van der Waals surface area contributed by atoms with E-state index in [-0.39, 0.29) is 11.9 Å². The van der Waals surface area contributed by atoms with E-state index in [0.717, 1.165) is 16.7 Å². The van der Waals surface area contributed by atoms with E-state index in [1.54, 1.807) is 6.92 Å². The molecule has 0 saturated heterocycles. The van der Waals surface area contributed by atoms with E-state index in [4.69, 9.17) is 9.47 Å². The largest absolute Gasteiger partial charge is 0.490 e. The Morgan fingerprint density at radius 2 is 1.60 bits per heavy atom. The SMILES string of the molecule is CCOc1cc([C@H]2NC(=O)NC(C)=C2C(=O)NCc2ccccc2)ccc1OCc1ccccc1. The molecule has 1 atom stereocenters. The van der Waals surface area contributed by atoms with Crippen LogP contribution in [-0.4, -0.2) is 18.5 Å². The van der Waals surface area contributed by atoms with Crippen molar-refractivity contribution in [3.05, 3.63) is 107 Å². The third kappa shape index (κ3) is 6.00. The highest BCUT2D eigenvalue weighted by Gasteiger charge is 2.31. The Labute approximate surface area is 205 Å². The Hall–Kier alpha value is -4.26. The number of allylic oxidation sites excluding steroid dienone is 1. The van der Waals surface area contributed by atoms with Gasteiger partial charge in [0.15, 0.2) is 11.5 Å². The summed E-state index contributed by atoms with van der Waals surface area (Å²) in [6, 6.07) is 24.0. The fraction of sp³-hybridized carbons (Fsp3) is 0.214. The molecule has 7 nitrogen and oxygen atoms in total. The molecule has 0 aromatic heterocycles. The highest BCUT2D eigenvalue weighted by Crippen LogP contribution is 2.35. The summed E-state index contributed by atoms with van der Waals surface area (Å²) in [6.45, 7) is 4.85. The zero-order chi connectivity index (χ0) is 24.6. The highest BCUT2D eigenvalue weighted by atomic mass is 16.5. The summed E-state index contributed by atoms with van der Waals surface area (Å²) in [5.74, 6) is 0.886. The number of urea groups is 1. The second-order valence-corrected chi connectivity index (χ2v) is 8.15. The van der Waals surface area contributed by atoms with E-state index in [1.807, 2.05) is 85.8 Å². The summed E-state index contributed by atoms with van der Waals surface area (Å²) in [5.41, 5.74) is 3.70. The summed E-state index contributed by atoms with van der Waals surface area (Å²) < 4.78 is 11.8. The Morgan fingerprint density at radius 1 is 0.914 bits per heavy atom. The van der Waals surface area contributed by atoms with Gasteiger partial charge in [-0.1, -0.05) is 66.7 Å². The molecule has 35 heavy (non-hydrogen) atoms. The highest BCUT2D eigenvalue weighted by molar-refractivity contribution is 5.98. The van der Waals surface area contributed by atoms with Gasteiger partial charge in [-0.2, -0.15) is 0 Å². The maximum absolute atomic E-state index is 13.2. The van der Waals surface area contributed by atoms with Crippen LogP contribution in [0.3, 0.4) is 0 Å². The van der Waals surface area contributed by atoms with Gasteiger partial charge in [0.1, 0.15) is 6.61 Å². The Kier molecular flexibility index (Phi) is 7.67. The quantitative estimate of drug-likeness (QED) is 0.425. The second-order valence-electron chi connectivity index (χ2n) is 8.15. The first-order chi connectivity index (χ1) is 17.0. The third-order valence-electron chi connectivity index (χ3n) is 5.65. The van der Waals surface area contributed by atoms with Crippen molar-refractivity contribution in [2.75, 3.05) is 6.61 Å². The van der Waals surface area contributed by atoms with Gasteiger partial charge in [-0.25, -0.2) is 4.79 Å². The number of amides is 3. The molecule has 4 rings (SSSR count). The minimum atomic E-state index is -0.637. The molecule has 0 aliphatic carbocycles. The van der Waals surface area contributed by atoms with E-state index in [1.165, 1.54) is 0 Å². The lowest BCUT2D eigenvalue weighted by Gasteiger charge is -2.29. The molecule has 0 spiro atoms. The summed E-state index contributed by atoms with van der Waals surface area (Å²) in [4.78, 5) is 25.5. The molecular weight excluding hydrogens is 442 g/mol. The minimum absolute atomic E-state index is 0.258. The predicted molar refractivity (Wildman–Crippen MR) is 134 cm³/mol. The minimum Gasteiger partial charge on any atom is -0.490 e. The fourth-order valence-electron chi connectivity index (χ4n) is 3.95. The molecule has 3 aromatic rings. The third-order valence-corrected chi connectivity index (χ3v) is 5.65. The van der Waals surface area contributed by atoms with Crippen LogP contribution in [0.2, 0.25) is 0 Å². The van der Waals surface area contributed by atoms with Crippen molar-refractivity contribution in [1.82, 2.24) is 16.0 Å². The van der Waals surface area contributed by atoms with Gasteiger partial charge >= 0.3 is 6.03 Å². The molecule has 1 heterocycles. The smallest absolute Gasteiger partial charge is 0.319 e. The van der Waals surface area contributed by atoms with E-state index < -0.39 is 6.04 Å². The van der Waals surface area contributed by atoms with Crippen LogP contribution in [0.4, 0.5) is 4.79 Å². The summed E-state index contributed by atoms with van der Waals surface area (Å²) >= 11 is 0. The van der Waals surface area contributed by atoms with Gasteiger partial charge in [0.2, 0.25) is 0 Å². The molecular formula is C28H29N3O4. The van der Waals surface area contributed by atoms with Crippen LogP contribution < -0.4 is 25.4 Å². The maximum atomic E-state index is 13.2. The van der Waals surface area contributed by atoms with E-state index in [2.05, 4.69) is 16.0 Å². The summed E-state index contributed by atoms with van der Waals surface area (Å²) in [7, 11) is 0. The van der Waals surface area contributed by atoms with Crippen LogP contribution >= 0.6 is 0 Å². The number of ether oxygens (including phenoxy) is 2. The van der Waals surface area contributed by atoms with Gasteiger partial charge in [-0.15, -0.1) is 0 Å². The molecule has 3 N–H and O–H groups in total. The zero-order valence-electron chi connectivity index (χ0n) is 19.8. The average molecular weight is 472 g/mol. The second kappa shape index (κ2) is 11.2. The zero-order valence-corrected chi connectivity index (χ0v) is 19.8. The standard InChI is InChI=1S/C28H29N3O4/c1-3-34-24-16-22(14-15-23(24)35-18-21-12-8-5-9-13-21)26-25(19(2)30-28(33)31-26)27(32)29-17-20-10-6-4-7-11-20/h4-16,26H,3,17-18H2,1-2H3,(H,29,32)(H2,30,31,33)/t26-/m1/s1. The van der Waals surface area contributed by atoms with Gasteiger partial charge in [0.25, 0.3) is 5.91 Å². The lowest BCUT2D eigenvalue weighted by Crippen LogP contribution is -2.46. The Bertz CT molecular complexity index is 1210. The molecule has 0 unspecified atom stereocenters. The predicted octanol–water partition coefficient (Wildman–Crippen LogP) is 4.61. The molecule has 3 aromatic carbocycles. The van der Waals surface area contributed by atoms with Crippen molar-refractivity contribution in [3.8, 4) is 11.5 Å². The van der Waals surface area contributed by atoms with Crippen LogP contribution in [0.15, 0.2) is 90.1 Å². The van der Waals surface area contributed by atoms with Crippen LogP contribution in [0, 0.1) is 0 Å². The lowest BCUT2D eigenvalue weighted by atomic mass is 9.94. The van der Waals surface area contributed by atoms with E-state index >= 15 is 0 Å². The van der Waals surface area contributed by atoms with Gasteiger partial charge in [0.05, 0.1) is 18.2 Å². The molecule has 1 aliphatic rings. The topological polar surface area (TPSA) is 88.7 Å². The lowest BCUT2D eigenvalue weighted by molar-refractivity contribution is -0.118. The normalized spacial score (nSPS) is 15.1. The van der Waals surface area contributed by atoms with Gasteiger partial charge in [-0.3, -0.25) is 4.79 Å². The van der Waals surface area contributed by atoms with Crippen LogP contribution in [0.25, 0.3) is 0 Å². The van der Waals surface area contributed by atoms with Crippen LogP contribution in [0.1, 0.15) is 36.6 Å². The Balaban J connectivity index is 1.57. The van der Waals surface area contributed by atoms with Crippen molar-refractivity contribution in [1.29, 1.82) is 0 Å². The number of nitrogens with one attached hydrogen (secondary N) is 3. The Morgan fingerprint density at radius 3 is 2.29 bits per heavy atom. The van der Waals surface area contributed by atoms with Crippen molar-refractivity contribution in [3.63, 3.8) is 0 Å². The number of rotatable bonds is 9. The molecule has 0 bridgehead atoms. The molecule has 0 radical (unpaired) electrons. The van der Waals surface area contributed by atoms with Crippen molar-refractivity contribution in [2.24, 2.45) is 0 Å². The number of carbonyl (C=O) groups excluding carboxylic acids is 2. The monoisotopic (exact) mass is 471 g/mol. The van der Waals surface area contributed by atoms with Gasteiger partial charge < -0.3 is 25.4 Å². The molecule has 180 valence electrons. The number of carbonyl (C=O) groups is 2. The van der Waals surface area contributed by atoms with E-state index in [0.29, 0.717) is 42.5 Å². The molecule has 7 heteroatoms. The first kappa shape index (κ1) is 23.9. The first-order valence-electron chi connectivity index (χ1n) is 11.6. The summed E-state index contributed by atoms with van der Waals surface area (Å²) in [5, 5.41) is 8.54. The van der Waals surface area contributed by atoms with Crippen molar-refractivity contribution in [2.45, 2.75) is 33.0 Å². The average Bonchev–Trinajstić information content (AvgIpc) is 2.87. The van der Waals surface area contributed by atoms with Crippen LogP contribution in [0.5, 0.6) is 11.5 Å². The van der Waals surface area contributed by atoms with Crippen molar-refractivity contribution >= 4 is 11.9 Å². The molecule has 1 aliphatic heterocycles. The number of hydrogen-bond donors (Lipinski definition) is 3. The fourth-order valence-corrected chi connectivity index (χ4v) is 3.95. The van der Waals surface area contributed by atoms with E-state index in [9.17, 15) is 9.59 Å². The number of hydrogen-bond acceptors (Lipinski definition) is 4. The van der Waals surface area contributed by atoms with Gasteiger partial charge in [0, 0.05) is 12.2 Å². The maximum Gasteiger partial charge on any atom is 0.319 e.